The number of hydrogen-bond donors (Lipinski definition) is 1. The van der Waals surface area contributed by atoms with Gasteiger partial charge in [0.05, 0.1) is 18.1 Å². The summed E-state index contributed by atoms with van der Waals surface area (Å²) in [6.07, 6.45) is 4.15. The van der Waals surface area contributed by atoms with E-state index < -0.39 is 0 Å². The van der Waals surface area contributed by atoms with Crippen LogP contribution in [0.5, 0.6) is 0 Å². The van der Waals surface area contributed by atoms with Gasteiger partial charge in [0.15, 0.2) is 0 Å². The SMILES string of the molecule is CCc1cccc(C(=O)Nc2ccc(-n3nccn3)cc2)c1. The molecule has 0 fully saturated rings. The molecule has 3 aromatic rings. The van der Waals surface area contributed by atoms with E-state index >= 15 is 0 Å². The predicted molar refractivity (Wildman–Crippen MR) is 85.1 cm³/mol. The first kappa shape index (κ1) is 14.0. The van der Waals surface area contributed by atoms with Crippen LogP contribution in [0.2, 0.25) is 0 Å². The van der Waals surface area contributed by atoms with Crippen molar-refractivity contribution >= 4 is 11.6 Å². The highest BCUT2D eigenvalue weighted by Crippen LogP contribution is 2.14. The van der Waals surface area contributed by atoms with Crippen molar-refractivity contribution in [3.05, 3.63) is 72.1 Å². The van der Waals surface area contributed by atoms with Crippen LogP contribution in [0, 0.1) is 0 Å². The molecule has 0 saturated carbocycles. The van der Waals surface area contributed by atoms with Crippen LogP contribution in [0.25, 0.3) is 5.69 Å². The Bertz CT molecular complexity index is 764. The summed E-state index contributed by atoms with van der Waals surface area (Å²) < 4.78 is 0. The fourth-order valence-electron chi connectivity index (χ4n) is 2.16. The molecule has 0 aliphatic carbocycles. The summed E-state index contributed by atoms with van der Waals surface area (Å²) >= 11 is 0. The van der Waals surface area contributed by atoms with E-state index in [0.29, 0.717) is 5.56 Å². The third kappa shape index (κ3) is 3.03. The van der Waals surface area contributed by atoms with Crippen LogP contribution >= 0.6 is 0 Å². The van der Waals surface area contributed by atoms with Gasteiger partial charge in [-0.15, -0.1) is 0 Å². The number of hydrogen-bond acceptors (Lipinski definition) is 3. The molecule has 110 valence electrons. The molecule has 1 aromatic heterocycles. The molecule has 1 amide bonds. The van der Waals surface area contributed by atoms with Crippen molar-refractivity contribution in [2.45, 2.75) is 13.3 Å². The van der Waals surface area contributed by atoms with Crippen molar-refractivity contribution in [1.29, 1.82) is 0 Å². The molecule has 1 N–H and O–H groups in total. The maximum absolute atomic E-state index is 12.3. The van der Waals surface area contributed by atoms with E-state index in [1.807, 2.05) is 48.5 Å². The Morgan fingerprint density at radius 2 is 1.82 bits per heavy atom. The maximum Gasteiger partial charge on any atom is 0.255 e. The Labute approximate surface area is 128 Å². The van der Waals surface area contributed by atoms with Crippen LogP contribution in [-0.2, 0) is 6.42 Å². The van der Waals surface area contributed by atoms with Crippen molar-refractivity contribution in [3.8, 4) is 5.69 Å². The highest BCUT2D eigenvalue weighted by molar-refractivity contribution is 6.04. The highest BCUT2D eigenvalue weighted by atomic mass is 16.1. The van der Waals surface area contributed by atoms with Crippen LogP contribution in [0.1, 0.15) is 22.8 Å². The molecule has 0 unspecified atom stereocenters. The number of benzene rings is 2. The summed E-state index contributed by atoms with van der Waals surface area (Å²) in [5.41, 5.74) is 3.39. The van der Waals surface area contributed by atoms with E-state index in [-0.39, 0.29) is 5.91 Å². The van der Waals surface area contributed by atoms with Crippen LogP contribution in [0.4, 0.5) is 5.69 Å². The Kier molecular flexibility index (Phi) is 3.96. The maximum atomic E-state index is 12.3. The number of aryl methyl sites for hydroxylation is 1. The fourth-order valence-corrected chi connectivity index (χ4v) is 2.16. The lowest BCUT2D eigenvalue weighted by Gasteiger charge is -2.07. The molecule has 1 heterocycles. The average molecular weight is 292 g/mol. The van der Waals surface area contributed by atoms with E-state index in [0.717, 1.165) is 23.4 Å². The summed E-state index contributed by atoms with van der Waals surface area (Å²) in [5, 5.41) is 11.0. The molecule has 0 radical (unpaired) electrons. The van der Waals surface area contributed by atoms with Crippen molar-refractivity contribution in [2.24, 2.45) is 0 Å². The number of carbonyl (C=O) groups is 1. The molecule has 0 saturated heterocycles. The van der Waals surface area contributed by atoms with Crippen molar-refractivity contribution < 1.29 is 4.79 Å². The number of carbonyl (C=O) groups excluding carboxylic acids is 1. The second-order valence-electron chi connectivity index (χ2n) is 4.87. The minimum absolute atomic E-state index is 0.111. The van der Waals surface area contributed by atoms with Gasteiger partial charge < -0.3 is 5.32 Å². The lowest BCUT2D eigenvalue weighted by atomic mass is 10.1. The van der Waals surface area contributed by atoms with Gasteiger partial charge >= 0.3 is 0 Å². The zero-order chi connectivity index (χ0) is 15.4. The Balaban J connectivity index is 1.74. The summed E-state index contributed by atoms with van der Waals surface area (Å²) in [7, 11) is 0. The molecular formula is C17H16N4O. The van der Waals surface area contributed by atoms with Gasteiger partial charge in [0.2, 0.25) is 0 Å². The second kappa shape index (κ2) is 6.22. The molecule has 22 heavy (non-hydrogen) atoms. The van der Waals surface area contributed by atoms with Gasteiger partial charge in [-0.3, -0.25) is 4.79 Å². The zero-order valence-electron chi connectivity index (χ0n) is 12.2. The van der Waals surface area contributed by atoms with Crippen LogP contribution in [0.15, 0.2) is 60.9 Å². The molecule has 0 bridgehead atoms. The van der Waals surface area contributed by atoms with Gasteiger partial charge in [-0.05, 0) is 48.4 Å². The van der Waals surface area contributed by atoms with Gasteiger partial charge in [-0.2, -0.15) is 15.0 Å². The molecule has 0 aliphatic heterocycles. The topological polar surface area (TPSA) is 59.8 Å². The first-order chi connectivity index (χ1) is 10.8. The van der Waals surface area contributed by atoms with E-state index in [2.05, 4.69) is 22.4 Å². The molecular weight excluding hydrogens is 276 g/mol. The molecule has 0 atom stereocenters. The van der Waals surface area contributed by atoms with Gasteiger partial charge in [0.1, 0.15) is 0 Å². The zero-order valence-corrected chi connectivity index (χ0v) is 12.2. The number of amides is 1. The number of anilines is 1. The molecule has 5 heteroatoms. The molecule has 5 nitrogen and oxygen atoms in total. The number of aromatic nitrogens is 3. The average Bonchev–Trinajstić information content (AvgIpc) is 3.10. The van der Waals surface area contributed by atoms with Gasteiger partial charge in [-0.25, -0.2) is 0 Å². The van der Waals surface area contributed by atoms with E-state index in [1.165, 1.54) is 4.80 Å². The third-order valence-corrected chi connectivity index (χ3v) is 3.37. The van der Waals surface area contributed by atoms with E-state index in [9.17, 15) is 4.79 Å². The van der Waals surface area contributed by atoms with Gasteiger partial charge in [-0.1, -0.05) is 19.1 Å². The van der Waals surface area contributed by atoms with Crippen LogP contribution in [0.3, 0.4) is 0 Å². The van der Waals surface area contributed by atoms with E-state index in [4.69, 9.17) is 0 Å². The molecule has 0 spiro atoms. The normalized spacial score (nSPS) is 10.4. The number of nitrogens with one attached hydrogen (secondary N) is 1. The smallest absolute Gasteiger partial charge is 0.255 e. The molecule has 2 aromatic carbocycles. The minimum atomic E-state index is -0.111. The van der Waals surface area contributed by atoms with Crippen LogP contribution in [-0.4, -0.2) is 20.9 Å². The Morgan fingerprint density at radius 3 is 2.50 bits per heavy atom. The standard InChI is InChI=1S/C17H16N4O/c1-2-13-4-3-5-14(12-13)17(22)20-15-6-8-16(9-7-15)21-18-10-11-19-21/h3-12H,2H2,1H3,(H,20,22). The van der Waals surface area contributed by atoms with E-state index in [1.54, 1.807) is 12.4 Å². The largest absolute Gasteiger partial charge is 0.322 e. The highest BCUT2D eigenvalue weighted by Gasteiger charge is 2.07. The van der Waals surface area contributed by atoms with Gasteiger partial charge in [0.25, 0.3) is 5.91 Å². The van der Waals surface area contributed by atoms with Crippen LogP contribution < -0.4 is 5.32 Å². The first-order valence-electron chi connectivity index (χ1n) is 7.13. The fraction of sp³-hybridized carbons (Fsp3) is 0.118. The number of rotatable bonds is 4. The second-order valence-corrected chi connectivity index (χ2v) is 4.87. The summed E-state index contributed by atoms with van der Waals surface area (Å²) in [6.45, 7) is 2.07. The van der Waals surface area contributed by atoms with Crippen molar-refractivity contribution in [2.75, 3.05) is 5.32 Å². The summed E-state index contributed by atoms with van der Waals surface area (Å²) in [4.78, 5) is 13.8. The van der Waals surface area contributed by atoms with Crippen molar-refractivity contribution in [1.82, 2.24) is 15.0 Å². The predicted octanol–water partition coefficient (Wildman–Crippen LogP) is 3.08. The lowest BCUT2D eigenvalue weighted by Crippen LogP contribution is -2.12. The third-order valence-electron chi connectivity index (χ3n) is 3.37. The summed E-state index contributed by atoms with van der Waals surface area (Å²) in [5.74, 6) is -0.111. The monoisotopic (exact) mass is 292 g/mol. The quantitative estimate of drug-likeness (QED) is 0.804. The van der Waals surface area contributed by atoms with Crippen molar-refractivity contribution in [3.63, 3.8) is 0 Å². The lowest BCUT2D eigenvalue weighted by molar-refractivity contribution is 0.102. The minimum Gasteiger partial charge on any atom is -0.322 e. The molecule has 3 rings (SSSR count). The van der Waals surface area contributed by atoms with Gasteiger partial charge in [0, 0.05) is 11.3 Å². The number of nitrogens with zero attached hydrogens (tertiary/aromatic N) is 3. The molecule has 0 aliphatic rings. The summed E-state index contributed by atoms with van der Waals surface area (Å²) in [6, 6.07) is 15.0. The Hall–Kier alpha value is -2.95. The Morgan fingerprint density at radius 1 is 1.09 bits per heavy atom. The first-order valence-corrected chi connectivity index (χ1v) is 7.13.